The van der Waals surface area contributed by atoms with Gasteiger partial charge in [-0.05, 0) is 30.8 Å². The zero-order valence-electron chi connectivity index (χ0n) is 11.4. The topological polar surface area (TPSA) is 90.4 Å². The molecular weight excluding hydrogens is 258 g/mol. The molecule has 7 heteroatoms. The molecule has 0 aromatic carbocycles. The lowest BCUT2D eigenvalue weighted by Gasteiger charge is -2.19. The van der Waals surface area contributed by atoms with E-state index >= 15 is 0 Å². The van der Waals surface area contributed by atoms with E-state index in [1.807, 2.05) is 0 Å². The molecule has 2 atom stereocenters. The Morgan fingerprint density at radius 1 is 1.40 bits per heavy atom. The smallest absolute Gasteiger partial charge is 0.277 e. The minimum absolute atomic E-state index is 0.255. The monoisotopic (exact) mass is 277 g/mol. The van der Waals surface area contributed by atoms with Crippen molar-refractivity contribution in [3.8, 4) is 0 Å². The van der Waals surface area contributed by atoms with Crippen LogP contribution in [0.3, 0.4) is 0 Å². The van der Waals surface area contributed by atoms with Gasteiger partial charge in [0.1, 0.15) is 0 Å². The number of carbonyl (C=O) groups excluding carboxylic acids is 1. The Hall–Kier alpha value is -1.73. The molecular formula is C13H19N5O2. The fourth-order valence-corrected chi connectivity index (χ4v) is 3.09. The summed E-state index contributed by atoms with van der Waals surface area (Å²) < 4.78 is 0. The number of hydrogen-bond donors (Lipinski definition) is 3. The SMILES string of the molecule is CCNCC1C2CN(c3ncc(C(=O)NO)cn3)CC12. The maximum Gasteiger partial charge on any atom is 0.277 e. The third kappa shape index (κ3) is 2.34. The van der Waals surface area contributed by atoms with Crippen LogP contribution in [0.1, 0.15) is 17.3 Å². The minimum atomic E-state index is -0.591. The number of anilines is 1. The molecule has 3 N–H and O–H groups in total. The van der Waals surface area contributed by atoms with Gasteiger partial charge in [-0.15, -0.1) is 0 Å². The Kier molecular flexibility index (Phi) is 3.54. The van der Waals surface area contributed by atoms with Gasteiger partial charge in [0.25, 0.3) is 5.91 Å². The van der Waals surface area contributed by atoms with Crippen LogP contribution in [0.2, 0.25) is 0 Å². The van der Waals surface area contributed by atoms with Gasteiger partial charge in [0.2, 0.25) is 5.95 Å². The molecule has 2 unspecified atom stereocenters. The average molecular weight is 277 g/mol. The Balaban J connectivity index is 1.56. The van der Waals surface area contributed by atoms with Crippen molar-refractivity contribution in [3.63, 3.8) is 0 Å². The Morgan fingerprint density at radius 2 is 2.05 bits per heavy atom. The molecule has 0 spiro atoms. The van der Waals surface area contributed by atoms with Gasteiger partial charge in [0.15, 0.2) is 0 Å². The zero-order chi connectivity index (χ0) is 14.1. The second-order valence-electron chi connectivity index (χ2n) is 5.42. The van der Waals surface area contributed by atoms with E-state index in [1.165, 1.54) is 12.4 Å². The van der Waals surface area contributed by atoms with E-state index in [2.05, 4.69) is 27.1 Å². The number of fused-ring (bicyclic) bond motifs is 1. The first-order chi connectivity index (χ1) is 9.74. The van der Waals surface area contributed by atoms with E-state index in [0.29, 0.717) is 5.95 Å². The van der Waals surface area contributed by atoms with Gasteiger partial charge >= 0.3 is 0 Å². The second kappa shape index (κ2) is 5.34. The van der Waals surface area contributed by atoms with Crippen LogP contribution in [-0.4, -0.2) is 47.3 Å². The molecule has 2 heterocycles. The molecule has 0 radical (unpaired) electrons. The first-order valence-corrected chi connectivity index (χ1v) is 6.96. The number of nitrogens with zero attached hydrogens (tertiary/aromatic N) is 3. The van der Waals surface area contributed by atoms with Crippen LogP contribution in [0.15, 0.2) is 12.4 Å². The van der Waals surface area contributed by atoms with E-state index in [4.69, 9.17) is 5.21 Å². The Labute approximate surface area is 117 Å². The molecule has 20 heavy (non-hydrogen) atoms. The predicted octanol–water partition coefficient (Wildman–Crippen LogP) is -0.113. The van der Waals surface area contributed by atoms with Crippen molar-refractivity contribution in [3.05, 3.63) is 18.0 Å². The fraction of sp³-hybridized carbons (Fsp3) is 0.615. The lowest BCUT2D eigenvalue weighted by molar-refractivity contribution is 0.0705. The summed E-state index contributed by atoms with van der Waals surface area (Å²) in [5.41, 5.74) is 1.83. The van der Waals surface area contributed by atoms with Crippen LogP contribution in [0.4, 0.5) is 5.95 Å². The molecule has 1 amide bonds. The highest BCUT2D eigenvalue weighted by atomic mass is 16.5. The zero-order valence-corrected chi connectivity index (χ0v) is 11.4. The van der Waals surface area contributed by atoms with Crippen LogP contribution in [0.5, 0.6) is 0 Å². The molecule has 3 rings (SSSR count). The first-order valence-electron chi connectivity index (χ1n) is 6.96. The van der Waals surface area contributed by atoms with Crippen molar-refractivity contribution >= 4 is 11.9 Å². The maximum atomic E-state index is 11.2. The first kappa shape index (κ1) is 13.3. The van der Waals surface area contributed by atoms with Crippen LogP contribution in [0.25, 0.3) is 0 Å². The van der Waals surface area contributed by atoms with Gasteiger partial charge in [0.05, 0.1) is 5.56 Å². The second-order valence-corrected chi connectivity index (χ2v) is 5.42. The van der Waals surface area contributed by atoms with Crippen molar-refractivity contribution < 1.29 is 10.0 Å². The summed E-state index contributed by atoms with van der Waals surface area (Å²) in [6, 6.07) is 0. The minimum Gasteiger partial charge on any atom is -0.340 e. The van der Waals surface area contributed by atoms with Gasteiger partial charge < -0.3 is 10.2 Å². The lowest BCUT2D eigenvalue weighted by atomic mass is 10.2. The summed E-state index contributed by atoms with van der Waals surface area (Å²) in [7, 11) is 0. The van der Waals surface area contributed by atoms with E-state index in [1.54, 1.807) is 5.48 Å². The average Bonchev–Trinajstić information content (AvgIpc) is 2.94. The highest BCUT2D eigenvalue weighted by molar-refractivity contribution is 5.92. The number of carbonyl (C=O) groups is 1. The number of amides is 1. The summed E-state index contributed by atoms with van der Waals surface area (Å²) in [6.07, 6.45) is 2.88. The van der Waals surface area contributed by atoms with E-state index in [9.17, 15) is 4.79 Å². The highest BCUT2D eigenvalue weighted by Crippen LogP contribution is 2.51. The molecule has 0 bridgehead atoms. The van der Waals surface area contributed by atoms with E-state index in [0.717, 1.165) is 43.9 Å². The Morgan fingerprint density at radius 3 is 2.60 bits per heavy atom. The quantitative estimate of drug-likeness (QED) is 0.514. The lowest BCUT2D eigenvalue weighted by Crippen LogP contribution is -2.29. The van der Waals surface area contributed by atoms with Crippen LogP contribution < -0.4 is 15.7 Å². The highest BCUT2D eigenvalue weighted by Gasteiger charge is 2.55. The molecule has 1 saturated carbocycles. The van der Waals surface area contributed by atoms with Crippen molar-refractivity contribution in [1.82, 2.24) is 20.8 Å². The van der Waals surface area contributed by atoms with Gasteiger partial charge in [-0.2, -0.15) is 0 Å². The normalized spacial score (nSPS) is 27.3. The number of aromatic nitrogens is 2. The molecule has 2 fully saturated rings. The van der Waals surface area contributed by atoms with Gasteiger partial charge in [0, 0.05) is 25.5 Å². The molecule has 1 aromatic rings. The third-order valence-corrected chi connectivity index (χ3v) is 4.29. The summed E-state index contributed by atoms with van der Waals surface area (Å²) >= 11 is 0. The molecule has 1 aliphatic heterocycles. The molecule has 7 nitrogen and oxygen atoms in total. The number of piperidine rings is 1. The molecule has 108 valence electrons. The summed E-state index contributed by atoms with van der Waals surface area (Å²) in [5, 5.41) is 11.9. The van der Waals surface area contributed by atoms with Crippen molar-refractivity contribution in [2.45, 2.75) is 6.92 Å². The van der Waals surface area contributed by atoms with Crippen LogP contribution in [0, 0.1) is 17.8 Å². The van der Waals surface area contributed by atoms with Crippen LogP contribution in [-0.2, 0) is 0 Å². The van der Waals surface area contributed by atoms with Crippen LogP contribution >= 0.6 is 0 Å². The standard InChI is InChI=1S/C13H19N5O2/c1-2-14-5-9-10-6-18(7-11(9)10)13-15-3-8(4-16-13)12(19)17-20/h3-4,9-11,14,20H,2,5-7H2,1H3,(H,17,19). The summed E-state index contributed by atoms with van der Waals surface area (Å²) in [4.78, 5) is 21.8. The van der Waals surface area contributed by atoms with Crippen molar-refractivity contribution in [1.29, 1.82) is 0 Å². The molecule has 1 saturated heterocycles. The Bertz CT molecular complexity index is 480. The van der Waals surface area contributed by atoms with Gasteiger partial charge in [-0.1, -0.05) is 6.92 Å². The predicted molar refractivity (Wildman–Crippen MR) is 72.5 cm³/mol. The number of rotatable bonds is 5. The number of hydrogen-bond acceptors (Lipinski definition) is 6. The van der Waals surface area contributed by atoms with E-state index in [-0.39, 0.29) is 5.56 Å². The van der Waals surface area contributed by atoms with Crippen molar-refractivity contribution in [2.24, 2.45) is 17.8 Å². The van der Waals surface area contributed by atoms with Gasteiger partial charge in [-0.25, -0.2) is 15.4 Å². The van der Waals surface area contributed by atoms with Crippen molar-refractivity contribution in [2.75, 3.05) is 31.1 Å². The number of hydroxylamine groups is 1. The summed E-state index contributed by atoms with van der Waals surface area (Å²) in [6.45, 7) is 6.24. The van der Waals surface area contributed by atoms with Gasteiger partial charge in [-0.3, -0.25) is 10.0 Å². The largest absolute Gasteiger partial charge is 0.340 e. The third-order valence-electron chi connectivity index (χ3n) is 4.29. The maximum absolute atomic E-state index is 11.2. The van der Waals surface area contributed by atoms with E-state index < -0.39 is 5.91 Å². The molecule has 2 aliphatic rings. The number of nitrogens with one attached hydrogen (secondary N) is 2. The molecule has 1 aromatic heterocycles. The summed E-state index contributed by atoms with van der Waals surface area (Å²) in [5.74, 6) is 2.36. The molecule has 1 aliphatic carbocycles. The fourth-order valence-electron chi connectivity index (χ4n) is 3.09.